The number of hydrogen-bond donors (Lipinski definition) is 0. The SMILES string of the molecule is C=Cc1cc(Cl)nc2c(C3CC3)nn(COCC[Si](C)(C)C)c12. The smallest absolute Gasteiger partial charge is 0.140 e. The molecule has 0 amide bonds. The summed E-state index contributed by atoms with van der Waals surface area (Å²) in [5.74, 6) is 0.518. The molecular weight excluding hydrogens is 326 g/mol. The van der Waals surface area contributed by atoms with Gasteiger partial charge in [-0.25, -0.2) is 9.67 Å². The quantitative estimate of drug-likeness (QED) is 0.404. The minimum Gasteiger partial charge on any atom is -0.360 e. The maximum absolute atomic E-state index is 6.16. The normalized spacial score (nSPS) is 15.3. The van der Waals surface area contributed by atoms with Crippen LogP contribution in [0.1, 0.15) is 30.0 Å². The van der Waals surface area contributed by atoms with Crippen LogP contribution >= 0.6 is 11.6 Å². The van der Waals surface area contributed by atoms with Crippen molar-refractivity contribution in [3.05, 3.63) is 29.1 Å². The van der Waals surface area contributed by atoms with Crippen molar-refractivity contribution in [2.75, 3.05) is 6.61 Å². The van der Waals surface area contributed by atoms with Gasteiger partial charge in [0.2, 0.25) is 0 Å². The molecule has 0 saturated heterocycles. The summed E-state index contributed by atoms with van der Waals surface area (Å²) < 4.78 is 7.81. The molecule has 0 N–H and O–H groups in total. The number of nitrogens with zero attached hydrogens (tertiary/aromatic N) is 3. The highest BCUT2D eigenvalue weighted by atomic mass is 35.5. The molecule has 1 fully saturated rings. The van der Waals surface area contributed by atoms with Crippen molar-refractivity contribution in [2.24, 2.45) is 0 Å². The molecule has 124 valence electrons. The zero-order chi connectivity index (χ0) is 16.6. The number of pyridine rings is 1. The summed E-state index contributed by atoms with van der Waals surface area (Å²) in [4.78, 5) is 4.52. The Morgan fingerprint density at radius 1 is 1.43 bits per heavy atom. The van der Waals surface area contributed by atoms with Gasteiger partial charge in [0.05, 0.1) is 11.2 Å². The van der Waals surface area contributed by atoms with Crippen LogP contribution in [0.3, 0.4) is 0 Å². The van der Waals surface area contributed by atoms with Crippen LogP contribution in [0.4, 0.5) is 0 Å². The van der Waals surface area contributed by atoms with E-state index in [0.717, 1.165) is 34.9 Å². The predicted octanol–water partition coefficient (Wildman–Crippen LogP) is 4.92. The Labute approximate surface area is 143 Å². The van der Waals surface area contributed by atoms with Crippen LogP contribution in [0.25, 0.3) is 17.1 Å². The van der Waals surface area contributed by atoms with E-state index in [1.165, 1.54) is 12.8 Å². The van der Waals surface area contributed by atoms with Crippen LogP contribution in [0, 0.1) is 0 Å². The number of aromatic nitrogens is 3. The van der Waals surface area contributed by atoms with Crippen LogP contribution in [0.15, 0.2) is 12.6 Å². The number of ether oxygens (including phenoxy) is 1. The van der Waals surface area contributed by atoms with E-state index in [4.69, 9.17) is 21.4 Å². The minimum absolute atomic E-state index is 0.456. The molecule has 0 spiro atoms. The minimum atomic E-state index is -1.08. The lowest BCUT2D eigenvalue weighted by atomic mass is 10.1. The summed E-state index contributed by atoms with van der Waals surface area (Å²) in [5.41, 5.74) is 3.91. The second-order valence-corrected chi connectivity index (χ2v) is 13.5. The molecule has 2 aromatic heterocycles. The van der Waals surface area contributed by atoms with E-state index in [2.05, 4.69) is 31.2 Å². The molecule has 23 heavy (non-hydrogen) atoms. The zero-order valence-electron chi connectivity index (χ0n) is 14.1. The number of fused-ring (bicyclic) bond motifs is 1. The molecule has 0 atom stereocenters. The topological polar surface area (TPSA) is 39.9 Å². The van der Waals surface area contributed by atoms with Gasteiger partial charge in [-0.2, -0.15) is 5.10 Å². The Bertz CT molecular complexity index is 731. The molecule has 0 radical (unpaired) electrons. The van der Waals surface area contributed by atoms with Crippen molar-refractivity contribution in [3.8, 4) is 0 Å². The molecule has 2 heterocycles. The highest BCUT2D eigenvalue weighted by Crippen LogP contribution is 2.42. The first-order valence-electron chi connectivity index (χ1n) is 8.16. The Balaban J connectivity index is 1.88. The van der Waals surface area contributed by atoms with Crippen LogP contribution in [0.5, 0.6) is 0 Å². The summed E-state index contributed by atoms with van der Waals surface area (Å²) >= 11 is 6.16. The van der Waals surface area contributed by atoms with Crippen molar-refractivity contribution < 1.29 is 4.74 Å². The highest BCUT2D eigenvalue weighted by molar-refractivity contribution is 6.76. The maximum atomic E-state index is 6.16. The van der Waals surface area contributed by atoms with Gasteiger partial charge >= 0.3 is 0 Å². The van der Waals surface area contributed by atoms with Crippen molar-refractivity contribution in [3.63, 3.8) is 0 Å². The van der Waals surface area contributed by atoms with E-state index in [1.807, 2.05) is 16.8 Å². The van der Waals surface area contributed by atoms with Gasteiger partial charge in [-0.3, -0.25) is 0 Å². The fraction of sp³-hybridized carbons (Fsp3) is 0.529. The Morgan fingerprint density at radius 2 is 2.17 bits per heavy atom. The van der Waals surface area contributed by atoms with Crippen LogP contribution in [0.2, 0.25) is 30.8 Å². The van der Waals surface area contributed by atoms with Gasteiger partial charge in [0.1, 0.15) is 17.4 Å². The lowest BCUT2D eigenvalue weighted by Gasteiger charge is -2.15. The Hall–Kier alpha value is -1.17. The van der Waals surface area contributed by atoms with E-state index >= 15 is 0 Å². The van der Waals surface area contributed by atoms with E-state index in [0.29, 0.717) is 17.8 Å². The van der Waals surface area contributed by atoms with Gasteiger partial charge in [-0.05, 0) is 25.0 Å². The van der Waals surface area contributed by atoms with Crippen LogP contribution in [-0.2, 0) is 11.5 Å². The third kappa shape index (κ3) is 3.84. The second-order valence-electron chi connectivity index (χ2n) is 7.44. The first kappa shape index (κ1) is 16.7. The fourth-order valence-corrected chi connectivity index (χ4v) is 3.57. The van der Waals surface area contributed by atoms with Crippen molar-refractivity contribution in [1.29, 1.82) is 0 Å². The van der Waals surface area contributed by atoms with Gasteiger partial charge in [0.15, 0.2) is 0 Å². The summed E-state index contributed by atoms with van der Waals surface area (Å²) in [6.07, 6.45) is 4.17. The molecule has 1 aliphatic carbocycles. The molecule has 6 heteroatoms. The van der Waals surface area contributed by atoms with Gasteiger partial charge in [-0.15, -0.1) is 0 Å². The van der Waals surface area contributed by atoms with Gasteiger partial charge in [0, 0.05) is 26.2 Å². The Morgan fingerprint density at radius 3 is 2.78 bits per heavy atom. The number of halogens is 1. The first-order chi connectivity index (χ1) is 10.9. The lowest BCUT2D eigenvalue weighted by Crippen LogP contribution is -2.22. The van der Waals surface area contributed by atoms with Crippen LogP contribution < -0.4 is 0 Å². The lowest BCUT2D eigenvalue weighted by molar-refractivity contribution is 0.0813. The van der Waals surface area contributed by atoms with E-state index in [1.54, 1.807) is 0 Å². The Kier molecular flexibility index (Phi) is 4.62. The maximum Gasteiger partial charge on any atom is 0.140 e. The molecule has 1 aliphatic rings. The monoisotopic (exact) mass is 349 g/mol. The largest absolute Gasteiger partial charge is 0.360 e. The van der Waals surface area contributed by atoms with E-state index in [-0.39, 0.29) is 0 Å². The molecule has 0 bridgehead atoms. The molecule has 3 rings (SSSR count). The van der Waals surface area contributed by atoms with Crippen LogP contribution in [-0.4, -0.2) is 29.4 Å². The molecule has 2 aromatic rings. The molecule has 0 aliphatic heterocycles. The fourth-order valence-electron chi connectivity index (χ4n) is 2.61. The average Bonchev–Trinajstić information content (AvgIpc) is 3.25. The summed E-state index contributed by atoms with van der Waals surface area (Å²) in [6, 6.07) is 2.99. The van der Waals surface area contributed by atoms with Crippen molar-refractivity contribution in [2.45, 2.75) is 51.2 Å². The zero-order valence-corrected chi connectivity index (χ0v) is 15.9. The third-order valence-corrected chi connectivity index (χ3v) is 6.01. The summed E-state index contributed by atoms with van der Waals surface area (Å²) in [6.45, 7) is 12.2. The molecule has 0 aromatic carbocycles. The first-order valence-corrected chi connectivity index (χ1v) is 12.2. The van der Waals surface area contributed by atoms with Crippen molar-refractivity contribution >= 4 is 36.8 Å². The molecular formula is C17H24ClN3OSi. The number of hydrogen-bond acceptors (Lipinski definition) is 3. The summed E-state index contributed by atoms with van der Waals surface area (Å²) in [5, 5.41) is 5.26. The summed E-state index contributed by atoms with van der Waals surface area (Å²) in [7, 11) is -1.08. The average molecular weight is 350 g/mol. The van der Waals surface area contributed by atoms with Gasteiger partial charge < -0.3 is 4.74 Å². The number of rotatable bonds is 7. The molecule has 4 nitrogen and oxygen atoms in total. The highest BCUT2D eigenvalue weighted by Gasteiger charge is 2.30. The second kappa shape index (κ2) is 6.38. The van der Waals surface area contributed by atoms with Crippen molar-refractivity contribution in [1.82, 2.24) is 14.8 Å². The van der Waals surface area contributed by atoms with E-state index < -0.39 is 8.07 Å². The molecule has 1 saturated carbocycles. The van der Waals surface area contributed by atoms with E-state index in [9.17, 15) is 0 Å². The predicted molar refractivity (Wildman–Crippen MR) is 98.7 cm³/mol. The molecule has 0 unspecified atom stereocenters. The van der Waals surface area contributed by atoms with Gasteiger partial charge in [-0.1, -0.05) is 43.9 Å². The standard InChI is InChI=1S/C17H24ClN3OSi/c1-5-12-10-14(18)19-16-15(13-6-7-13)20-21(17(12)16)11-22-8-9-23(2,3)4/h5,10,13H,1,6-9,11H2,2-4H3. The van der Waals surface area contributed by atoms with Gasteiger partial charge in [0.25, 0.3) is 0 Å². The third-order valence-electron chi connectivity index (χ3n) is 4.11.